The Balaban J connectivity index is 2.48. The topological polar surface area (TPSA) is 44.0 Å². The monoisotopic (exact) mass is 181 g/mol. The lowest BCUT2D eigenvalue weighted by molar-refractivity contribution is 0.185. The van der Waals surface area contributed by atoms with E-state index in [4.69, 9.17) is 10.4 Å². The van der Waals surface area contributed by atoms with E-state index in [9.17, 15) is 0 Å². The molecule has 1 aromatic heterocycles. The maximum absolute atomic E-state index is 9.02. The minimum atomic E-state index is -0.252. The van der Waals surface area contributed by atoms with Gasteiger partial charge in [0.1, 0.15) is 0 Å². The number of nitriles is 1. The first-order chi connectivity index (χ1) is 5.72. The Bertz CT molecular complexity index is 285. The molecule has 0 aliphatic heterocycles. The van der Waals surface area contributed by atoms with Crippen molar-refractivity contribution in [2.75, 3.05) is 0 Å². The highest BCUT2D eigenvalue weighted by atomic mass is 32.1. The SMILES string of the molecule is C[C@H](O)CCc1cc(C#N)cs1. The summed E-state index contributed by atoms with van der Waals surface area (Å²) in [6.45, 7) is 1.78. The lowest BCUT2D eigenvalue weighted by Gasteiger charge is -1.99. The van der Waals surface area contributed by atoms with Gasteiger partial charge < -0.3 is 5.11 Å². The van der Waals surface area contributed by atoms with Crippen molar-refractivity contribution in [3.05, 3.63) is 21.9 Å². The second-order valence-electron chi connectivity index (χ2n) is 2.80. The maximum atomic E-state index is 9.02. The molecule has 0 bridgehead atoms. The van der Waals surface area contributed by atoms with E-state index in [2.05, 4.69) is 6.07 Å². The Morgan fingerprint density at radius 1 is 1.75 bits per heavy atom. The van der Waals surface area contributed by atoms with E-state index in [0.717, 1.165) is 18.4 Å². The zero-order valence-corrected chi connectivity index (χ0v) is 7.77. The quantitative estimate of drug-likeness (QED) is 0.774. The minimum absolute atomic E-state index is 0.252. The molecule has 1 N–H and O–H groups in total. The molecule has 0 aromatic carbocycles. The number of aliphatic hydroxyl groups is 1. The molecule has 0 saturated heterocycles. The molecule has 0 spiro atoms. The highest BCUT2D eigenvalue weighted by molar-refractivity contribution is 7.10. The molecule has 0 radical (unpaired) electrons. The summed E-state index contributed by atoms with van der Waals surface area (Å²) in [4.78, 5) is 1.17. The molecule has 0 fully saturated rings. The smallest absolute Gasteiger partial charge is 0.1000 e. The molecule has 0 aliphatic carbocycles. The van der Waals surface area contributed by atoms with Gasteiger partial charge in [-0.2, -0.15) is 5.26 Å². The van der Waals surface area contributed by atoms with Crippen LogP contribution in [-0.2, 0) is 6.42 Å². The molecule has 3 heteroatoms. The van der Waals surface area contributed by atoms with Crippen molar-refractivity contribution in [1.29, 1.82) is 5.26 Å². The molecule has 64 valence electrons. The minimum Gasteiger partial charge on any atom is -0.393 e. The molecule has 0 amide bonds. The van der Waals surface area contributed by atoms with Gasteiger partial charge in [0.15, 0.2) is 0 Å². The van der Waals surface area contributed by atoms with Crippen molar-refractivity contribution in [2.24, 2.45) is 0 Å². The highest BCUT2D eigenvalue weighted by Gasteiger charge is 2.01. The number of aryl methyl sites for hydroxylation is 1. The van der Waals surface area contributed by atoms with Gasteiger partial charge in [0.25, 0.3) is 0 Å². The van der Waals surface area contributed by atoms with E-state index >= 15 is 0 Å². The summed E-state index contributed by atoms with van der Waals surface area (Å²) in [7, 11) is 0. The summed E-state index contributed by atoms with van der Waals surface area (Å²) >= 11 is 1.58. The molecule has 2 nitrogen and oxygen atoms in total. The molecule has 0 aliphatic rings. The van der Waals surface area contributed by atoms with Crippen molar-refractivity contribution < 1.29 is 5.11 Å². The first-order valence-corrected chi connectivity index (χ1v) is 4.76. The summed E-state index contributed by atoms with van der Waals surface area (Å²) in [6, 6.07) is 3.96. The number of nitrogens with zero attached hydrogens (tertiary/aromatic N) is 1. The molecule has 0 saturated carbocycles. The van der Waals surface area contributed by atoms with E-state index < -0.39 is 0 Å². The van der Waals surface area contributed by atoms with Crippen molar-refractivity contribution in [3.8, 4) is 6.07 Å². The zero-order valence-electron chi connectivity index (χ0n) is 6.95. The summed E-state index contributed by atoms with van der Waals surface area (Å²) in [5.74, 6) is 0. The van der Waals surface area contributed by atoms with Crippen LogP contribution in [0.25, 0.3) is 0 Å². The van der Waals surface area contributed by atoms with Gasteiger partial charge in [-0.3, -0.25) is 0 Å². The van der Waals surface area contributed by atoms with E-state index in [-0.39, 0.29) is 6.10 Å². The molecule has 1 rings (SSSR count). The van der Waals surface area contributed by atoms with Crippen LogP contribution in [0.2, 0.25) is 0 Å². The maximum Gasteiger partial charge on any atom is 0.1000 e. The molecule has 12 heavy (non-hydrogen) atoms. The van der Waals surface area contributed by atoms with Crippen LogP contribution in [0.3, 0.4) is 0 Å². The van der Waals surface area contributed by atoms with E-state index in [1.807, 2.05) is 11.4 Å². The predicted octanol–water partition coefficient (Wildman–Crippen LogP) is 1.93. The van der Waals surface area contributed by atoms with Crippen LogP contribution in [-0.4, -0.2) is 11.2 Å². The van der Waals surface area contributed by atoms with Gasteiger partial charge in [-0.25, -0.2) is 0 Å². The third-order valence-electron chi connectivity index (χ3n) is 1.59. The molecular formula is C9H11NOS. The van der Waals surface area contributed by atoms with Crippen molar-refractivity contribution in [3.63, 3.8) is 0 Å². The van der Waals surface area contributed by atoms with Crippen molar-refractivity contribution in [1.82, 2.24) is 0 Å². The van der Waals surface area contributed by atoms with Gasteiger partial charge >= 0.3 is 0 Å². The van der Waals surface area contributed by atoms with Crippen LogP contribution >= 0.6 is 11.3 Å². The van der Waals surface area contributed by atoms with Crippen LogP contribution in [0.4, 0.5) is 0 Å². The molecule has 1 aromatic rings. The van der Waals surface area contributed by atoms with Crippen LogP contribution in [0.15, 0.2) is 11.4 Å². The third-order valence-corrected chi connectivity index (χ3v) is 2.59. The van der Waals surface area contributed by atoms with Crippen molar-refractivity contribution >= 4 is 11.3 Å². The fourth-order valence-electron chi connectivity index (χ4n) is 0.922. The summed E-state index contributed by atoms with van der Waals surface area (Å²) < 4.78 is 0. The lowest BCUT2D eigenvalue weighted by atomic mass is 10.2. The fourth-order valence-corrected chi connectivity index (χ4v) is 1.75. The van der Waals surface area contributed by atoms with Gasteiger partial charge in [0, 0.05) is 10.3 Å². The molecular weight excluding hydrogens is 170 g/mol. The van der Waals surface area contributed by atoms with E-state index in [0.29, 0.717) is 0 Å². The predicted molar refractivity (Wildman–Crippen MR) is 49.0 cm³/mol. The standard InChI is InChI=1S/C9H11NOS/c1-7(11)2-3-9-4-8(5-10)6-12-9/h4,6-7,11H,2-3H2,1H3/t7-/m0/s1. The van der Waals surface area contributed by atoms with Crippen molar-refractivity contribution in [2.45, 2.75) is 25.9 Å². The second-order valence-corrected chi connectivity index (χ2v) is 3.80. The zero-order chi connectivity index (χ0) is 8.97. The molecule has 1 atom stereocenters. The van der Waals surface area contributed by atoms with Gasteiger partial charge in [-0.15, -0.1) is 11.3 Å². The van der Waals surface area contributed by atoms with Crippen LogP contribution < -0.4 is 0 Å². The van der Waals surface area contributed by atoms with Gasteiger partial charge in [0.2, 0.25) is 0 Å². The largest absolute Gasteiger partial charge is 0.393 e. The first-order valence-electron chi connectivity index (χ1n) is 3.88. The lowest BCUT2D eigenvalue weighted by Crippen LogP contribution is -2.00. The molecule has 1 heterocycles. The summed E-state index contributed by atoms with van der Waals surface area (Å²) in [6.07, 6.45) is 1.38. The first kappa shape index (κ1) is 9.24. The van der Waals surface area contributed by atoms with Crippen LogP contribution in [0.5, 0.6) is 0 Å². The number of hydrogen-bond acceptors (Lipinski definition) is 3. The Hall–Kier alpha value is -0.850. The average molecular weight is 181 g/mol. The van der Waals surface area contributed by atoms with E-state index in [1.54, 1.807) is 18.3 Å². The van der Waals surface area contributed by atoms with E-state index in [1.165, 1.54) is 4.88 Å². The normalized spacial score (nSPS) is 12.4. The Morgan fingerprint density at radius 3 is 3.00 bits per heavy atom. The van der Waals surface area contributed by atoms with Gasteiger partial charge in [-0.1, -0.05) is 0 Å². The van der Waals surface area contributed by atoms with Gasteiger partial charge in [-0.05, 0) is 25.8 Å². The van der Waals surface area contributed by atoms with Crippen LogP contribution in [0, 0.1) is 11.3 Å². The number of hydrogen-bond donors (Lipinski definition) is 1. The fraction of sp³-hybridized carbons (Fsp3) is 0.444. The van der Waals surface area contributed by atoms with Gasteiger partial charge in [0.05, 0.1) is 17.7 Å². The Morgan fingerprint density at radius 2 is 2.50 bits per heavy atom. The summed E-state index contributed by atoms with van der Waals surface area (Å²) in [5.41, 5.74) is 0.723. The second kappa shape index (κ2) is 4.24. The Kier molecular flexibility index (Phi) is 3.27. The number of aliphatic hydroxyl groups excluding tert-OH is 1. The van der Waals surface area contributed by atoms with Crippen LogP contribution in [0.1, 0.15) is 23.8 Å². The third kappa shape index (κ3) is 2.65. The molecule has 0 unspecified atom stereocenters. The number of rotatable bonds is 3. The average Bonchev–Trinajstić information content (AvgIpc) is 2.48. The highest BCUT2D eigenvalue weighted by Crippen LogP contribution is 2.16. The number of thiophene rings is 1. The summed E-state index contributed by atoms with van der Waals surface area (Å²) in [5, 5.41) is 19.4. The Labute approximate surface area is 76.1 Å².